The molecule has 0 spiro atoms. The summed E-state index contributed by atoms with van der Waals surface area (Å²) in [4.78, 5) is 4.59. The molecule has 0 saturated carbocycles. The first-order valence-corrected chi connectivity index (χ1v) is 8.82. The second-order valence-corrected chi connectivity index (χ2v) is 7.81. The van der Waals surface area contributed by atoms with E-state index in [9.17, 15) is 0 Å². The zero-order chi connectivity index (χ0) is 14.1. The Bertz CT molecular complexity index is 773. The standard InChI is InChI=1S/C14H10BrClN2S2/c15-9-2-1-8(11(16)5-9)7-19-14-18-12-4-3-10(17)6-13(12)20-14/h1-6H,7,17H2. The summed E-state index contributed by atoms with van der Waals surface area (Å²) < 4.78 is 3.14. The molecule has 1 aromatic heterocycles. The molecule has 0 aliphatic carbocycles. The molecule has 0 aliphatic heterocycles. The van der Waals surface area contributed by atoms with Crippen LogP contribution in [0.1, 0.15) is 5.56 Å². The van der Waals surface area contributed by atoms with Gasteiger partial charge in [-0.25, -0.2) is 4.98 Å². The van der Waals surface area contributed by atoms with Crippen LogP contribution in [0.3, 0.4) is 0 Å². The van der Waals surface area contributed by atoms with Crippen molar-refractivity contribution in [1.82, 2.24) is 4.98 Å². The summed E-state index contributed by atoms with van der Waals surface area (Å²) in [6.45, 7) is 0. The molecule has 3 aromatic rings. The van der Waals surface area contributed by atoms with E-state index in [1.165, 1.54) is 0 Å². The predicted octanol–water partition coefficient (Wildman–Crippen LogP) is 5.59. The highest BCUT2D eigenvalue weighted by Crippen LogP contribution is 2.34. The molecule has 0 unspecified atom stereocenters. The number of fused-ring (bicyclic) bond motifs is 1. The smallest absolute Gasteiger partial charge is 0.151 e. The number of hydrogen-bond donors (Lipinski definition) is 1. The molecule has 0 saturated heterocycles. The first kappa shape index (κ1) is 14.2. The van der Waals surface area contributed by atoms with Crippen LogP contribution in [0.15, 0.2) is 45.2 Å². The Hall–Kier alpha value is -0.750. The van der Waals surface area contributed by atoms with Crippen LogP contribution in [-0.4, -0.2) is 4.98 Å². The number of halogens is 2. The Morgan fingerprint density at radius 2 is 2.10 bits per heavy atom. The number of nitrogens with two attached hydrogens (primary N) is 1. The number of benzene rings is 2. The maximum Gasteiger partial charge on any atom is 0.151 e. The minimum atomic E-state index is 0.772. The summed E-state index contributed by atoms with van der Waals surface area (Å²) in [5.74, 6) is 0.807. The average Bonchev–Trinajstić information content (AvgIpc) is 2.79. The van der Waals surface area contributed by atoms with Crippen molar-refractivity contribution in [2.45, 2.75) is 10.1 Å². The van der Waals surface area contributed by atoms with Gasteiger partial charge < -0.3 is 5.73 Å². The molecule has 0 bridgehead atoms. The molecule has 2 nitrogen and oxygen atoms in total. The fourth-order valence-corrected chi connectivity index (χ4v) is 4.70. The summed E-state index contributed by atoms with van der Waals surface area (Å²) in [5, 5.41) is 0.775. The third-order valence-corrected chi connectivity index (χ3v) is 5.81. The van der Waals surface area contributed by atoms with Crippen LogP contribution in [0.25, 0.3) is 10.2 Å². The Kier molecular flexibility index (Phi) is 4.21. The van der Waals surface area contributed by atoms with Gasteiger partial charge in [-0.2, -0.15) is 0 Å². The van der Waals surface area contributed by atoms with Gasteiger partial charge in [0.05, 0.1) is 10.2 Å². The molecule has 0 atom stereocenters. The summed E-state index contributed by atoms with van der Waals surface area (Å²) in [6.07, 6.45) is 0. The Labute approximate surface area is 138 Å². The summed E-state index contributed by atoms with van der Waals surface area (Å²) in [6, 6.07) is 11.7. The van der Waals surface area contributed by atoms with Crippen LogP contribution in [0.5, 0.6) is 0 Å². The van der Waals surface area contributed by atoms with E-state index in [1.54, 1.807) is 23.1 Å². The highest BCUT2D eigenvalue weighted by Gasteiger charge is 2.07. The van der Waals surface area contributed by atoms with Gasteiger partial charge in [0.2, 0.25) is 0 Å². The first-order valence-electron chi connectivity index (χ1n) is 5.84. The average molecular weight is 386 g/mol. The maximum absolute atomic E-state index is 6.22. The molecule has 20 heavy (non-hydrogen) atoms. The van der Waals surface area contributed by atoms with Crippen molar-refractivity contribution in [3.05, 3.63) is 51.5 Å². The summed E-state index contributed by atoms with van der Waals surface area (Å²) in [7, 11) is 0. The Morgan fingerprint density at radius 3 is 2.90 bits per heavy atom. The fraction of sp³-hybridized carbons (Fsp3) is 0.0714. The highest BCUT2D eigenvalue weighted by atomic mass is 79.9. The highest BCUT2D eigenvalue weighted by molar-refractivity contribution is 9.10. The summed E-state index contributed by atoms with van der Waals surface area (Å²) in [5.41, 5.74) is 8.66. The number of rotatable bonds is 3. The molecule has 6 heteroatoms. The number of nitrogens with zero attached hydrogens (tertiary/aromatic N) is 1. The second-order valence-electron chi connectivity index (χ2n) is 4.23. The minimum absolute atomic E-state index is 0.772. The van der Waals surface area contributed by atoms with Gasteiger partial charge in [0.25, 0.3) is 0 Å². The van der Waals surface area contributed by atoms with Crippen molar-refractivity contribution in [3.8, 4) is 0 Å². The second kappa shape index (κ2) is 5.93. The number of nitrogen functional groups attached to an aromatic ring is 1. The number of aromatic nitrogens is 1. The van der Waals surface area contributed by atoms with Crippen LogP contribution < -0.4 is 5.73 Å². The van der Waals surface area contributed by atoms with E-state index < -0.39 is 0 Å². The molecule has 0 aliphatic rings. The largest absolute Gasteiger partial charge is 0.399 e. The van der Waals surface area contributed by atoms with Crippen molar-refractivity contribution in [1.29, 1.82) is 0 Å². The molecule has 0 radical (unpaired) electrons. The lowest BCUT2D eigenvalue weighted by Gasteiger charge is -2.02. The van der Waals surface area contributed by atoms with Crippen LogP contribution in [0.4, 0.5) is 5.69 Å². The lowest BCUT2D eigenvalue weighted by Crippen LogP contribution is -1.82. The topological polar surface area (TPSA) is 38.9 Å². The third kappa shape index (κ3) is 3.11. The molecular formula is C14H10BrClN2S2. The Balaban J connectivity index is 1.79. The summed E-state index contributed by atoms with van der Waals surface area (Å²) >= 11 is 13.0. The lowest BCUT2D eigenvalue weighted by atomic mass is 10.2. The minimum Gasteiger partial charge on any atom is -0.399 e. The number of thiazole rings is 1. The lowest BCUT2D eigenvalue weighted by molar-refractivity contribution is 1.29. The van der Waals surface area contributed by atoms with Crippen LogP contribution in [0, 0.1) is 0 Å². The molecule has 0 amide bonds. The number of anilines is 1. The van der Waals surface area contributed by atoms with Crippen LogP contribution >= 0.6 is 50.6 Å². The van der Waals surface area contributed by atoms with Gasteiger partial charge in [-0.15, -0.1) is 11.3 Å². The zero-order valence-electron chi connectivity index (χ0n) is 10.3. The van der Waals surface area contributed by atoms with Gasteiger partial charge in [-0.3, -0.25) is 0 Å². The molecule has 102 valence electrons. The monoisotopic (exact) mass is 384 g/mol. The van der Waals surface area contributed by atoms with Gasteiger partial charge in [0.1, 0.15) is 0 Å². The SMILES string of the molecule is Nc1ccc2nc(SCc3ccc(Br)cc3Cl)sc2c1. The quantitative estimate of drug-likeness (QED) is 0.472. The van der Waals surface area contributed by atoms with Gasteiger partial charge in [0, 0.05) is 20.9 Å². The van der Waals surface area contributed by atoms with Gasteiger partial charge in [-0.1, -0.05) is 45.4 Å². The van der Waals surface area contributed by atoms with Gasteiger partial charge in [-0.05, 0) is 35.9 Å². The van der Waals surface area contributed by atoms with Crippen molar-refractivity contribution < 1.29 is 0 Å². The normalized spacial score (nSPS) is 11.1. The van der Waals surface area contributed by atoms with Gasteiger partial charge >= 0.3 is 0 Å². The van der Waals surface area contributed by atoms with E-state index >= 15 is 0 Å². The molecule has 1 heterocycles. The van der Waals surface area contributed by atoms with E-state index in [1.807, 2.05) is 36.4 Å². The Morgan fingerprint density at radius 1 is 1.25 bits per heavy atom. The number of thioether (sulfide) groups is 1. The first-order chi connectivity index (χ1) is 9.61. The zero-order valence-corrected chi connectivity index (χ0v) is 14.2. The van der Waals surface area contributed by atoms with Crippen molar-refractivity contribution in [3.63, 3.8) is 0 Å². The molecule has 2 N–H and O–H groups in total. The van der Waals surface area contributed by atoms with E-state index in [0.717, 1.165) is 41.1 Å². The van der Waals surface area contributed by atoms with E-state index in [-0.39, 0.29) is 0 Å². The van der Waals surface area contributed by atoms with E-state index in [2.05, 4.69) is 20.9 Å². The number of hydrogen-bond acceptors (Lipinski definition) is 4. The van der Waals surface area contributed by atoms with Crippen LogP contribution in [-0.2, 0) is 5.75 Å². The molecule has 3 rings (SSSR count). The molecule has 0 fully saturated rings. The molecular weight excluding hydrogens is 376 g/mol. The van der Waals surface area contributed by atoms with Gasteiger partial charge in [0.15, 0.2) is 4.34 Å². The molecule has 2 aromatic carbocycles. The van der Waals surface area contributed by atoms with Crippen molar-refractivity contribution in [2.75, 3.05) is 5.73 Å². The van der Waals surface area contributed by atoms with E-state index in [0.29, 0.717) is 0 Å². The van der Waals surface area contributed by atoms with Crippen LogP contribution in [0.2, 0.25) is 5.02 Å². The van der Waals surface area contributed by atoms with E-state index in [4.69, 9.17) is 17.3 Å². The predicted molar refractivity (Wildman–Crippen MR) is 92.7 cm³/mol. The maximum atomic E-state index is 6.22. The fourth-order valence-electron chi connectivity index (χ4n) is 1.76. The van der Waals surface area contributed by atoms with Crippen molar-refractivity contribution >= 4 is 66.5 Å². The van der Waals surface area contributed by atoms with Crippen molar-refractivity contribution in [2.24, 2.45) is 0 Å². The third-order valence-electron chi connectivity index (χ3n) is 2.76.